The van der Waals surface area contributed by atoms with Crippen molar-refractivity contribution in [2.24, 2.45) is 0 Å². The Morgan fingerprint density at radius 1 is 1.17 bits per heavy atom. The first-order valence-electron chi connectivity index (χ1n) is 7.53. The van der Waals surface area contributed by atoms with Gasteiger partial charge in [-0.2, -0.15) is 0 Å². The molecule has 0 radical (unpaired) electrons. The SMILES string of the molecule is COc1ccc(C)cc1NCC(=O)N[C@@H](C)c1ccc(Cl)c(Cl)c1. The molecule has 0 aromatic heterocycles. The molecule has 1 atom stereocenters. The third-order valence-electron chi connectivity index (χ3n) is 3.62. The van der Waals surface area contributed by atoms with Gasteiger partial charge in [0.2, 0.25) is 5.91 Å². The van der Waals surface area contributed by atoms with E-state index >= 15 is 0 Å². The predicted molar refractivity (Wildman–Crippen MR) is 99.2 cm³/mol. The normalized spacial score (nSPS) is 11.7. The summed E-state index contributed by atoms with van der Waals surface area (Å²) in [5.74, 6) is 0.572. The molecule has 24 heavy (non-hydrogen) atoms. The van der Waals surface area contributed by atoms with E-state index in [0.29, 0.717) is 15.8 Å². The lowest BCUT2D eigenvalue weighted by Gasteiger charge is -2.16. The maximum Gasteiger partial charge on any atom is 0.239 e. The zero-order chi connectivity index (χ0) is 17.7. The Hall–Kier alpha value is -1.91. The van der Waals surface area contributed by atoms with Gasteiger partial charge in [-0.3, -0.25) is 4.79 Å². The third kappa shape index (κ3) is 4.79. The van der Waals surface area contributed by atoms with Crippen molar-refractivity contribution in [1.82, 2.24) is 5.32 Å². The number of carbonyl (C=O) groups is 1. The van der Waals surface area contributed by atoms with Crippen LogP contribution in [-0.2, 0) is 4.79 Å². The quantitative estimate of drug-likeness (QED) is 0.785. The van der Waals surface area contributed by atoms with E-state index in [0.717, 1.165) is 16.8 Å². The molecule has 0 bridgehead atoms. The number of anilines is 1. The molecule has 6 heteroatoms. The number of aryl methyl sites for hydroxylation is 1. The molecule has 0 spiro atoms. The molecule has 1 amide bonds. The second-order valence-corrected chi connectivity index (χ2v) is 6.33. The Morgan fingerprint density at radius 2 is 1.92 bits per heavy atom. The Balaban J connectivity index is 1.95. The number of methoxy groups -OCH3 is 1. The minimum Gasteiger partial charge on any atom is -0.495 e. The highest BCUT2D eigenvalue weighted by Gasteiger charge is 2.12. The first-order chi connectivity index (χ1) is 11.4. The summed E-state index contributed by atoms with van der Waals surface area (Å²) in [5.41, 5.74) is 2.77. The number of hydrogen-bond donors (Lipinski definition) is 2. The van der Waals surface area contributed by atoms with Crippen LogP contribution in [0.25, 0.3) is 0 Å². The average molecular weight is 367 g/mol. The molecule has 0 fully saturated rings. The van der Waals surface area contributed by atoms with Gasteiger partial charge in [0.15, 0.2) is 0 Å². The fraction of sp³-hybridized carbons (Fsp3) is 0.278. The van der Waals surface area contributed by atoms with E-state index in [9.17, 15) is 4.79 Å². The molecule has 0 saturated carbocycles. The van der Waals surface area contributed by atoms with Crippen molar-refractivity contribution < 1.29 is 9.53 Å². The molecule has 2 aromatic rings. The number of rotatable bonds is 6. The average Bonchev–Trinajstić information content (AvgIpc) is 2.55. The van der Waals surface area contributed by atoms with Crippen molar-refractivity contribution in [3.8, 4) is 5.75 Å². The Morgan fingerprint density at radius 3 is 2.58 bits per heavy atom. The van der Waals surface area contributed by atoms with E-state index in [2.05, 4.69) is 10.6 Å². The maximum absolute atomic E-state index is 12.2. The van der Waals surface area contributed by atoms with Crippen molar-refractivity contribution in [1.29, 1.82) is 0 Å². The topological polar surface area (TPSA) is 50.4 Å². The lowest BCUT2D eigenvalue weighted by atomic mass is 10.1. The zero-order valence-electron chi connectivity index (χ0n) is 13.8. The van der Waals surface area contributed by atoms with Crippen LogP contribution in [0, 0.1) is 6.92 Å². The first-order valence-corrected chi connectivity index (χ1v) is 8.29. The highest BCUT2D eigenvalue weighted by Crippen LogP contribution is 2.26. The monoisotopic (exact) mass is 366 g/mol. The van der Waals surface area contributed by atoms with Crippen LogP contribution in [-0.4, -0.2) is 19.6 Å². The smallest absolute Gasteiger partial charge is 0.239 e. The van der Waals surface area contributed by atoms with Gasteiger partial charge in [0, 0.05) is 0 Å². The number of ether oxygens (including phenoxy) is 1. The highest BCUT2D eigenvalue weighted by atomic mass is 35.5. The highest BCUT2D eigenvalue weighted by molar-refractivity contribution is 6.42. The molecule has 0 aliphatic carbocycles. The molecular formula is C18H20Cl2N2O2. The molecule has 0 unspecified atom stereocenters. The molecule has 0 aliphatic heterocycles. The van der Waals surface area contributed by atoms with E-state index in [-0.39, 0.29) is 18.5 Å². The standard InChI is InChI=1S/C18H20Cl2N2O2/c1-11-4-7-17(24-3)16(8-11)21-10-18(23)22-12(2)13-5-6-14(19)15(20)9-13/h4-9,12,21H,10H2,1-3H3,(H,22,23)/t12-/m0/s1. The van der Waals surface area contributed by atoms with Crippen molar-refractivity contribution in [3.63, 3.8) is 0 Å². The van der Waals surface area contributed by atoms with Crippen molar-refractivity contribution in [2.45, 2.75) is 19.9 Å². The summed E-state index contributed by atoms with van der Waals surface area (Å²) in [7, 11) is 1.60. The lowest BCUT2D eigenvalue weighted by molar-refractivity contribution is -0.120. The molecule has 2 N–H and O–H groups in total. The van der Waals surface area contributed by atoms with Gasteiger partial charge in [-0.05, 0) is 49.2 Å². The van der Waals surface area contributed by atoms with Crippen LogP contribution in [0.15, 0.2) is 36.4 Å². The van der Waals surface area contributed by atoms with E-state index in [4.69, 9.17) is 27.9 Å². The number of amides is 1. The van der Waals surface area contributed by atoms with Gasteiger partial charge < -0.3 is 15.4 Å². The Kier molecular flexibility index (Phi) is 6.35. The summed E-state index contributed by atoms with van der Waals surface area (Å²) >= 11 is 11.9. The second-order valence-electron chi connectivity index (χ2n) is 5.52. The molecule has 2 rings (SSSR count). The fourth-order valence-electron chi connectivity index (χ4n) is 2.29. The van der Waals surface area contributed by atoms with Crippen molar-refractivity contribution >= 4 is 34.8 Å². The van der Waals surface area contributed by atoms with Crippen LogP contribution >= 0.6 is 23.2 Å². The second kappa shape index (κ2) is 8.27. The zero-order valence-corrected chi connectivity index (χ0v) is 15.3. The largest absolute Gasteiger partial charge is 0.495 e. The van der Waals surface area contributed by atoms with Crippen molar-refractivity contribution in [3.05, 3.63) is 57.6 Å². The van der Waals surface area contributed by atoms with E-state index in [1.807, 2.05) is 38.1 Å². The molecule has 128 valence electrons. The van der Waals surface area contributed by atoms with Crippen LogP contribution in [0.2, 0.25) is 10.0 Å². The molecule has 4 nitrogen and oxygen atoms in total. The number of halogens is 2. The van der Waals surface area contributed by atoms with Crippen LogP contribution in [0.1, 0.15) is 24.1 Å². The summed E-state index contributed by atoms with van der Waals surface area (Å²) in [6.45, 7) is 4.02. The van der Waals surface area contributed by atoms with Crippen LogP contribution in [0.3, 0.4) is 0 Å². The summed E-state index contributed by atoms with van der Waals surface area (Å²) in [4.78, 5) is 12.2. The van der Waals surface area contributed by atoms with Gasteiger partial charge in [-0.25, -0.2) is 0 Å². The van der Waals surface area contributed by atoms with Gasteiger partial charge in [-0.1, -0.05) is 35.3 Å². The van der Waals surface area contributed by atoms with E-state index in [1.54, 1.807) is 19.2 Å². The van der Waals surface area contributed by atoms with Crippen molar-refractivity contribution in [2.75, 3.05) is 19.0 Å². The number of benzene rings is 2. The molecule has 0 saturated heterocycles. The summed E-state index contributed by atoms with van der Waals surface area (Å²) < 4.78 is 5.29. The molecule has 0 aliphatic rings. The van der Waals surface area contributed by atoms with Crippen LogP contribution in [0.5, 0.6) is 5.75 Å². The molecule has 2 aromatic carbocycles. The third-order valence-corrected chi connectivity index (χ3v) is 4.35. The first kappa shape index (κ1) is 18.4. The van der Waals surface area contributed by atoms with Gasteiger partial charge in [0.1, 0.15) is 5.75 Å². The minimum absolute atomic E-state index is 0.128. The number of carbonyl (C=O) groups excluding carboxylic acids is 1. The van der Waals surface area contributed by atoms with Crippen LogP contribution < -0.4 is 15.4 Å². The Labute approximate surface area is 152 Å². The predicted octanol–water partition coefficient (Wildman–Crippen LogP) is 4.60. The Bertz CT molecular complexity index is 735. The van der Waals surface area contributed by atoms with Gasteiger partial charge >= 0.3 is 0 Å². The van der Waals surface area contributed by atoms with Crippen LogP contribution in [0.4, 0.5) is 5.69 Å². The fourth-order valence-corrected chi connectivity index (χ4v) is 2.60. The maximum atomic E-state index is 12.2. The summed E-state index contributed by atoms with van der Waals surface area (Å²) in [6, 6.07) is 10.9. The summed E-state index contributed by atoms with van der Waals surface area (Å²) in [6.07, 6.45) is 0. The van der Waals surface area contributed by atoms with Gasteiger partial charge in [0.05, 0.1) is 35.4 Å². The number of hydrogen-bond acceptors (Lipinski definition) is 3. The number of nitrogens with one attached hydrogen (secondary N) is 2. The summed E-state index contributed by atoms with van der Waals surface area (Å²) in [5, 5.41) is 6.98. The molecular weight excluding hydrogens is 347 g/mol. The molecule has 0 heterocycles. The van der Waals surface area contributed by atoms with Gasteiger partial charge in [-0.15, -0.1) is 0 Å². The van der Waals surface area contributed by atoms with E-state index < -0.39 is 0 Å². The minimum atomic E-state index is -0.173. The van der Waals surface area contributed by atoms with Gasteiger partial charge in [0.25, 0.3) is 0 Å². The van der Waals surface area contributed by atoms with E-state index in [1.165, 1.54) is 0 Å². The lowest BCUT2D eigenvalue weighted by Crippen LogP contribution is -2.32.